The average molecular weight is 279 g/mol. The second-order valence-electron chi connectivity index (χ2n) is 4.89. The molecule has 6 nitrogen and oxygen atoms in total. The minimum absolute atomic E-state index is 0.102. The predicted molar refractivity (Wildman–Crippen MR) is 76.2 cm³/mol. The van der Waals surface area contributed by atoms with E-state index < -0.39 is 0 Å². The summed E-state index contributed by atoms with van der Waals surface area (Å²) in [5.74, 6) is 0.908. The van der Waals surface area contributed by atoms with Crippen molar-refractivity contribution in [3.63, 3.8) is 0 Å². The molecule has 0 amide bonds. The predicted octanol–water partition coefficient (Wildman–Crippen LogP) is 1.01. The van der Waals surface area contributed by atoms with Crippen LogP contribution in [-0.2, 0) is 11.3 Å². The Morgan fingerprint density at radius 3 is 2.90 bits per heavy atom. The molecule has 110 valence electrons. The second-order valence-corrected chi connectivity index (χ2v) is 4.89. The zero-order chi connectivity index (χ0) is 14.5. The van der Waals surface area contributed by atoms with Crippen LogP contribution in [0.4, 0.5) is 0 Å². The van der Waals surface area contributed by atoms with Gasteiger partial charge in [-0.15, -0.1) is 0 Å². The van der Waals surface area contributed by atoms with Gasteiger partial charge in [0.1, 0.15) is 5.75 Å². The SMILES string of the molecule is COc1ccc(/C(N)=N/O)cc1CN1CCC(OC)C1. The fourth-order valence-electron chi connectivity index (χ4n) is 2.49. The molecular formula is C14H21N3O3. The van der Waals surface area contributed by atoms with Gasteiger partial charge in [0.05, 0.1) is 13.2 Å². The molecule has 3 N–H and O–H groups in total. The number of benzene rings is 1. The summed E-state index contributed by atoms with van der Waals surface area (Å²) in [7, 11) is 3.39. The summed E-state index contributed by atoms with van der Waals surface area (Å²) in [6.07, 6.45) is 1.34. The first-order valence-corrected chi connectivity index (χ1v) is 6.58. The number of ether oxygens (including phenoxy) is 2. The van der Waals surface area contributed by atoms with Crippen LogP contribution in [-0.4, -0.2) is 49.4 Å². The highest BCUT2D eigenvalue weighted by molar-refractivity contribution is 5.97. The van der Waals surface area contributed by atoms with Crippen LogP contribution in [0.15, 0.2) is 23.4 Å². The van der Waals surface area contributed by atoms with Gasteiger partial charge in [0.25, 0.3) is 0 Å². The van der Waals surface area contributed by atoms with Gasteiger partial charge in [0.15, 0.2) is 5.84 Å². The van der Waals surface area contributed by atoms with Crippen molar-refractivity contribution < 1.29 is 14.7 Å². The normalized spacial score (nSPS) is 20.3. The first-order chi connectivity index (χ1) is 9.67. The highest BCUT2D eigenvalue weighted by Gasteiger charge is 2.23. The van der Waals surface area contributed by atoms with Crippen LogP contribution in [0.25, 0.3) is 0 Å². The van der Waals surface area contributed by atoms with Crippen molar-refractivity contribution in [2.75, 3.05) is 27.3 Å². The molecule has 0 spiro atoms. The van der Waals surface area contributed by atoms with Crippen LogP contribution in [0.1, 0.15) is 17.5 Å². The molecule has 1 heterocycles. The van der Waals surface area contributed by atoms with Gasteiger partial charge in [-0.25, -0.2) is 0 Å². The number of amidine groups is 1. The second kappa shape index (κ2) is 6.58. The van der Waals surface area contributed by atoms with Crippen molar-refractivity contribution in [3.05, 3.63) is 29.3 Å². The van der Waals surface area contributed by atoms with E-state index in [1.165, 1.54) is 0 Å². The molecule has 1 aromatic rings. The third-order valence-electron chi connectivity index (χ3n) is 3.64. The average Bonchev–Trinajstić information content (AvgIpc) is 2.94. The third-order valence-corrected chi connectivity index (χ3v) is 3.64. The van der Waals surface area contributed by atoms with Crippen molar-refractivity contribution in [1.82, 2.24) is 4.90 Å². The lowest BCUT2D eigenvalue weighted by atomic mass is 10.1. The van der Waals surface area contributed by atoms with E-state index in [4.69, 9.17) is 20.4 Å². The minimum Gasteiger partial charge on any atom is -0.496 e. The summed E-state index contributed by atoms with van der Waals surface area (Å²) in [4.78, 5) is 2.31. The fourth-order valence-corrected chi connectivity index (χ4v) is 2.49. The summed E-state index contributed by atoms with van der Waals surface area (Å²) in [6.45, 7) is 2.67. The molecule has 20 heavy (non-hydrogen) atoms. The highest BCUT2D eigenvalue weighted by Crippen LogP contribution is 2.24. The zero-order valence-electron chi connectivity index (χ0n) is 11.9. The van der Waals surface area contributed by atoms with E-state index in [1.807, 2.05) is 12.1 Å². The first-order valence-electron chi connectivity index (χ1n) is 6.58. The van der Waals surface area contributed by atoms with Gasteiger partial charge in [-0.2, -0.15) is 0 Å². The molecule has 1 saturated heterocycles. The summed E-state index contributed by atoms with van der Waals surface area (Å²) >= 11 is 0. The van der Waals surface area contributed by atoms with Crippen LogP contribution in [0.5, 0.6) is 5.75 Å². The molecule has 0 bridgehead atoms. The monoisotopic (exact) mass is 279 g/mol. The number of likely N-dealkylation sites (tertiary alicyclic amines) is 1. The topological polar surface area (TPSA) is 80.3 Å². The molecule has 0 saturated carbocycles. The van der Waals surface area contributed by atoms with Crippen LogP contribution in [0.3, 0.4) is 0 Å². The first kappa shape index (κ1) is 14.6. The van der Waals surface area contributed by atoms with Crippen molar-refractivity contribution in [3.8, 4) is 5.75 Å². The third kappa shape index (κ3) is 3.20. The molecule has 0 aliphatic carbocycles. The molecule has 0 radical (unpaired) electrons. The minimum atomic E-state index is 0.102. The lowest BCUT2D eigenvalue weighted by Gasteiger charge is -2.18. The molecule has 1 aliphatic rings. The fraction of sp³-hybridized carbons (Fsp3) is 0.500. The van der Waals surface area contributed by atoms with Crippen molar-refractivity contribution in [1.29, 1.82) is 0 Å². The van der Waals surface area contributed by atoms with Gasteiger partial charge in [0.2, 0.25) is 0 Å². The van der Waals surface area contributed by atoms with E-state index in [1.54, 1.807) is 20.3 Å². The standard InChI is InChI=1S/C14H21N3O3/c1-19-12-5-6-17(9-12)8-11-7-10(14(15)16-18)3-4-13(11)20-2/h3-4,7,12,18H,5-6,8-9H2,1-2H3,(H2,15,16). The van der Waals surface area contributed by atoms with Gasteiger partial charge in [-0.1, -0.05) is 5.16 Å². The maximum atomic E-state index is 8.76. The molecule has 1 fully saturated rings. The number of oxime groups is 1. The number of hydrogen-bond donors (Lipinski definition) is 2. The van der Waals surface area contributed by atoms with Crippen molar-refractivity contribution in [2.45, 2.75) is 19.1 Å². The summed E-state index contributed by atoms with van der Waals surface area (Å²) in [6, 6.07) is 5.51. The van der Waals surface area contributed by atoms with E-state index in [9.17, 15) is 0 Å². The van der Waals surface area contributed by atoms with Crippen molar-refractivity contribution >= 4 is 5.84 Å². The Morgan fingerprint density at radius 1 is 1.50 bits per heavy atom. The molecule has 1 unspecified atom stereocenters. The molecular weight excluding hydrogens is 258 g/mol. The Morgan fingerprint density at radius 2 is 2.30 bits per heavy atom. The molecule has 0 aromatic heterocycles. The summed E-state index contributed by atoms with van der Waals surface area (Å²) in [5, 5.41) is 11.8. The number of nitrogens with zero attached hydrogens (tertiary/aromatic N) is 2. The Balaban J connectivity index is 2.16. The van der Waals surface area contributed by atoms with Crippen LogP contribution in [0, 0.1) is 0 Å². The Labute approximate surface area is 118 Å². The van der Waals surface area contributed by atoms with Crippen molar-refractivity contribution in [2.24, 2.45) is 10.9 Å². The maximum absolute atomic E-state index is 8.76. The van der Waals surface area contributed by atoms with Gasteiger partial charge in [0, 0.05) is 37.9 Å². The summed E-state index contributed by atoms with van der Waals surface area (Å²) < 4.78 is 10.7. The van der Waals surface area contributed by atoms with E-state index in [2.05, 4.69) is 10.1 Å². The van der Waals surface area contributed by atoms with Crippen LogP contribution in [0.2, 0.25) is 0 Å². The van der Waals surface area contributed by atoms with E-state index >= 15 is 0 Å². The van der Waals surface area contributed by atoms with E-state index in [0.717, 1.165) is 37.4 Å². The largest absolute Gasteiger partial charge is 0.496 e. The Bertz CT molecular complexity index is 491. The van der Waals surface area contributed by atoms with Gasteiger partial charge < -0.3 is 20.4 Å². The maximum Gasteiger partial charge on any atom is 0.170 e. The molecule has 2 rings (SSSR count). The zero-order valence-corrected chi connectivity index (χ0v) is 11.9. The lowest BCUT2D eigenvalue weighted by molar-refractivity contribution is 0.107. The highest BCUT2D eigenvalue weighted by atomic mass is 16.5. The van der Waals surface area contributed by atoms with E-state index in [0.29, 0.717) is 11.7 Å². The van der Waals surface area contributed by atoms with Gasteiger partial charge in [-0.05, 0) is 24.6 Å². The summed E-state index contributed by atoms with van der Waals surface area (Å²) in [5.41, 5.74) is 7.34. The number of methoxy groups -OCH3 is 2. The number of rotatable bonds is 5. The molecule has 1 aliphatic heterocycles. The smallest absolute Gasteiger partial charge is 0.170 e. The van der Waals surface area contributed by atoms with Gasteiger partial charge >= 0.3 is 0 Å². The number of hydrogen-bond acceptors (Lipinski definition) is 5. The van der Waals surface area contributed by atoms with Gasteiger partial charge in [-0.3, -0.25) is 4.90 Å². The lowest BCUT2D eigenvalue weighted by Crippen LogP contribution is -2.23. The number of nitrogens with two attached hydrogens (primary N) is 1. The van der Waals surface area contributed by atoms with Crippen LogP contribution >= 0.6 is 0 Å². The Hall–Kier alpha value is -1.79. The van der Waals surface area contributed by atoms with Crippen LogP contribution < -0.4 is 10.5 Å². The van der Waals surface area contributed by atoms with E-state index in [-0.39, 0.29) is 5.84 Å². The quantitative estimate of drug-likeness (QED) is 0.364. The molecule has 6 heteroatoms. The molecule has 1 atom stereocenters. The Kier molecular flexibility index (Phi) is 4.81. The molecule has 1 aromatic carbocycles.